The Balaban J connectivity index is 2.17. The minimum atomic E-state index is -0.436. The molecule has 0 radical (unpaired) electrons. The van der Waals surface area contributed by atoms with Gasteiger partial charge < -0.3 is 5.32 Å². The Labute approximate surface area is 141 Å². The molecule has 2 aromatic carbocycles. The minimum absolute atomic E-state index is 0.0378. The maximum absolute atomic E-state index is 12.1. The second-order valence-electron chi connectivity index (χ2n) is 4.18. The lowest BCUT2D eigenvalue weighted by atomic mass is 10.1. The molecule has 1 N–H and O–H groups in total. The Hall–Kier alpha value is -1.84. The third kappa shape index (κ3) is 4.59. The molecule has 0 atom stereocenters. The first-order chi connectivity index (χ1) is 10.1. The molecule has 0 bridgehead atoms. The van der Waals surface area contributed by atoms with Crippen molar-refractivity contribution < 1.29 is 4.79 Å². The molecule has 0 unspecified atom stereocenters. The molecule has 0 heterocycles. The Morgan fingerprint density at radius 2 is 1.76 bits per heavy atom. The highest BCUT2D eigenvalue weighted by Crippen LogP contribution is 2.15. The quantitative estimate of drug-likeness (QED) is 0.462. The molecule has 0 saturated heterocycles. The van der Waals surface area contributed by atoms with Gasteiger partial charge in [-0.3, -0.25) is 4.79 Å². The fourth-order valence-corrected chi connectivity index (χ4v) is 2.09. The maximum atomic E-state index is 12.1. The zero-order valence-corrected chi connectivity index (χ0v) is 13.7. The molecule has 0 aliphatic rings. The third-order valence-electron chi connectivity index (χ3n) is 2.65. The summed E-state index contributed by atoms with van der Waals surface area (Å²) < 4.78 is 1.07. The van der Waals surface area contributed by atoms with E-state index in [2.05, 4.69) is 27.9 Å². The molecular weight excluding hydrogens is 399 g/mol. The molecule has 2 aromatic rings. The second kappa shape index (κ2) is 7.25. The van der Waals surface area contributed by atoms with Gasteiger partial charge in [0, 0.05) is 14.3 Å². The van der Waals surface area contributed by atoms with Gasteiger partial charge in [-0.1, -0.05) is 23.7 Å². The average molecular weight is 409 g/mol. The molecule has 0 aliphatic heterocycles. The van der Waals surface area contributed by atoms with Crippen LogP contribution in [0.3, 0.4) is 0 Å². The van der Waals surface area contributed by atoms with E-state index in [-0.39, 0.29) is 5.57 Å². The second-order valence-corrected chi connectivity index (χ2v) is 5.86. The molecular formula is C16H10ClIN2O. The van der Waals surface area contributed by atoms with E-state index in [0.29, 0.717) is 10.7 Å². The van der Waals surface area contributed by atoms with Crippen LogP contribution in [0.5, 0.6) is 0 Å². The lowest BCUT2D eigenvalue weighted by Gasteiger charge is -2.04. The Morgan fingerprint density at radius 1 is 1.14 bits per heavy atom. The first-order valence-corrected chi connectivity index (χ1v) is 7.48. The smallest absolute Gasteiger partial charge is 0.266 e. The highest BCUT2D eigenvalue weighted by molar-refractivity contribution is 14.1. The highest BCUT2D eigenvalue weighted by Gasteiger charge is 2.09. The zero-order chi connectivity index (χ0) is 15.2. The summed E-state index contributed by atoms with van der Waals surface area (Å²) in [5, 5.41) is 12.4. The summed E-state index contributed by atoms with van der Waals surface area (Å²) in [6.07, 6.45) is 1.53. The normalized spacial score (nSPS) is 10.8. The fraction of sp³-hybridized carbons (Fsp3) is 0. The largest absolute Gasteiger partial charge is 0.321 e. The average Bonchev–Trinajstić information content (AvgIpc) is 2.49. The lowest BCUT2D eigenvalue weighted by molar-refractivity contribution is -0.112. The maximum Gasteiger partial charge on any atom is 0.266 e. The van der Waals surface area contributed by atoms with Gasteiger partial charge in [-0.15, -0.1) is 0 Å². The molecule has 0 spiro atoms. The monoisotopic (exact) mass is 408 g/mol. The highest BCUT2D eigenvalue weighted by atomic mass is 127. The molecule has 3 nitrogen and oxygen atoms in total. The number of nitrogens with one attached hydrogen (secondary N) is 1. The molecule has 1 amide bonds. The van der Waals surface area contributed by atoms with Crippen LogP contribution in [0.2, 0.25) is 5.02 Å². The van der Waals surface area contributed by atoms with Gasteiger partial charge in [-0.05, 0) is 70.6 Å². The summed E-state index contributed by atoms with van der Waals surface area (Å²) in [4.78, 5) is 12.1. The van der Waals surface area contributed by atoms with E-state index in [1.807, 2.05) is 18.2 Å². The van der Waals surface area contributed by atoms with E-state index in [9.17, 15) is 4.79 Å². The molecule has 104 valence electrons. The topological polar surface area (TPSA) is 52.9 Å². The first kappa shape index (κ1) is 15.5. The van der Waals surface area contributed by atoms with Crippen LogP contribution in [-0.4, -0.2) is 5.91 Å². The van der Waals surface area contributed by atoms with Crippen molar-refractivity contribution in [3.63, 3.8) is 0 Å². The van der Waals surface area contributed by atoms with Crippen LogP contribution < -0.4 is 5.32 Å². The van der Waals surface area contributed by atoms with Gasteiger partial charge in [0.05, 0.1) is 0 Å². The van der Waals surface area contributed by atoms with E-state index >= 15 is 0 Å². The van der Waals surface area contributed by atoms with Crippen LogP contribution >= 0.6 is 34.2 Å². The SMILES string of the molecule is N#CC(=Cc1ccc(Cl)cc1)C(=O)Nc1ccc(I)cc1. The van der Waals surface area contributed by atoms with Gasteiger partial charge in [0.25, 0.3) is 5.91 Å². The van der Waals surface area contributed by atoms with E-state index in [0.717, 1.165) is 9.13 Å². The van der Waals surface area contributed by atoms with Crippen molar-refractivity contribution in [2.75, 3.05) is 5.32 Å². The standard InChI is InChI=1S/C16H10ClIN2O/c17-13-3-1-11(2-4-13)9-12(10-19)16(21)20-15-7-5-14(18)6-8-15/h1-9H,(H,20,21). The summed E-state index contributed by atoms with van der Waals surface area (Å²) in [6, 6.07) is 16.2. The molecule has 0 saturated carbocycles. The minimum Gasteiger partial charge on any atom is -0.321 e. The first-order valence-electron chi connectivity index (χ1n) is 6.03. The van der Waals surface area contributed by atoms with Crippen molar-refractivity contribution in [1.82, 2.24) is 0 Å². The van der Waals surface area contributed by atoms with Crippen LogP contribution in [-0.2, 0) is 4.79 Å². The number of nitrogens with zero attached hydrogens (tertiary/aromatic N) is 1. The molecule has 0 aromatic heterocycles. The molecule has 0 fully saturated rings. The van der Waals surface area contributed by atoms with Crippen molar-refractivity contribution in [2.45, 2.75) is 0 Å². The predicted molar refractivity (Wildman–Crippen MR) is 92.8 cm³/mol. The molecule has 5 heteroatoms. The van der Waals surface area contributed by atoms with Crippen molar-refractivity contribution in [1.29, 1.82) is 5.26 Å². The number of hydrogen-bond acceptors (Lipinski definition) is 2. The van der Waals surface area contributed by atoms with Crippen molar-refractivity contribution in [3.05, 3.63) is 68.3 Å². The summed E-state index contributed by atoms with van der Waals surface area (Å²) in [5.41, 5.74) is 1.43. The van der Waals surface area contributed by atoms with E-state index < -0.39 is 5.91 Å². The van der Waals surface area contributed by atoms with Gasteiger partial charge in [-0.2, -0.15) is 5.26 Å². The van der Waals surface area contributed by atoms with Crippen molar-refractivity contribution in [2.24, 2.45) is 0 Å². The Bertz CT molecular complexity index is 715. The number of carbonyl (C=O) groups excluding carboxylic acids is 1. The Kier molecular flexibility index (Phi) is 5.37. The van der Waals surface area contributed by atoms with Gasteiger partial charge in [-0.25, -0.2) is 0 Å². The number of benzene rings is 2. The van der Waals surface area contributed by atoms with Gasteiger partial charge >= 0.3 is 0 Å². The molecule has 21 heavy (non-hydrogen) atoms. The summed E-state index contributed by atoms with van der Waals surface area (Å²) in [6.45, 7) is 0. The summed E-state index contributed by atoms with van der Waals surface area (Å²) in [7, 11) is 0. The van der Waals surface area contributed by atoms with Gasteiger partial charge in [0.15, 0.2) is 0 Å². The lowest BCUT2D eigenvalue weighted by Crippen LogP contribution is -2.13. The number of anilines is 1. The number of hydrogen-bond donors (Lipinski definition) is 1. The van der Waals surface area contributed by atoms with Crippen molar-refractivity contribution in [3.8, 4) is 6.07 Å². The Morgan fingerprint density at radius 3 is 2.33 bits per heavy atom. The number of nitriles is 1. The molecule has 0 aliphatic carbocycles. The van der Waals surface area contributed by atoms with Crippen LogP contribution in [0.25, 0.3) is 6.08 Å². The van der Waals surface area contributed by atoms with Gasteiger partial charge in [0.1, 0.15) is 11.6 Å². The van der Waals surface area contributed by atoms with Crippen LogP contribution in [0.4, 0.5) is 5.69 Å². The third-order valence-corrected chi connectivity index (χ3v) is 3.62. The predicted octanol–water partition coefficient (Wildman–Crippen LogP) is 4.49. The van der Waals surface area contributed by atoms with Crippen LogP contribution in [0.15, 0.2) is 54.1 Å². The number of halogens is 2. The summed E-state index contributed by atoms with van der Waals surface area (Å²) >= 11 is 7.98. The van der Waals surface area contributed by atoms with E-state index in [4.69, 9.17) is 16.9 Å². The van der Waals surface area contributed by atoms with E-state index in [1.54, 1.807) is 36.4 Å². The van der Waals surface area contributed by atoms with Crippen molar-refractivity contribution >= 4 is 51.9 Å². The summed E-state index contributed by atoms with van der Waals surface area (Å²) in [5.74, 6) is -0.436. The zero-order valence-electron chi connectivity index (χ0n) is 10.8. The van der Waals surface area contributed by atoms with E-state index in [1.165, 1.54) is 6.08 Å². The van der Waals surface area contributed by atoms with Crippen LogP contribution in [0.1, 0.15) is 5.56 Å². The number of rotatable bonds is 3. The van der Waals surface area contributed by atoms with Crippen LogP contribution in [0, 0.1) is 14.9 Å². The fourth-order valence-electron chi connectivity index (χ4n) is 1.61. The number of amides is 1. The molecule has 2 rings (SSSR count). The van der Waals surface area contributed by atoms with Gasteiger partial charge in [0.2, 0.25) is 0 Å². The number of carbonyl (C=O) groups is 1.